The number of amides is 2. The summed E-state index contributed by atoms with van der Waals surface area (Å²) in [5, 5.41) is 18.9. The molecule has 2 saturated heterocycles. The number of carbonyl (C=O) groups excluding carboxylic acids is 2. The Kier molecular flexibility index (Phi) is 4.38. The van der Waals surface area contributed by atoms with Crippen LogP contribution in [0.15, 0.2) is 0 Å². The van der Waals surface area contributed by atoms with Crippen molar-refractivity contribution < 1.29 is 19.8 Å². The Balaban J connectivity index is 1.77. The van der Waals surface area contributed by atoms with E-state index < -0.39 is 12.2 Å². The number of aliphatic hydroxyl groups is 2. The molecule has 7 nitrogen and oxygen atoms in total. The molecule has 0 radical (unpaired) electrons. The molecule has 0 aromatic rings. The van der Waals surface area contributed by atoms with Crippen LogP contribution in [-0.2, 0) is 9.59 Å². The fraction of sp³-hybridized carbons (Fsp3) is 0.833. The molecule has 0 bridgehead atoms. The normalized spacial score (nSPS) is 28.8. The minimum Gasteiger partial charge on any atom is -0.389 e. The van der Waals surface area contributed by atoms with Gasteiger partial charge in [-0.2, -0.15) is 0 Å². The molecule has 0 saturated carbocycles. The molecule has 2 atom stereocenters. The molecule has 108 valence electrons. The maximum Gasteiger partial charge on any atom is 0.236 e. The Bertz CT molecular complexity index is 345. The van der Waals surface area contributed by atoms with Crippen molar-refractivity contribution in [3.8, 4) is 0 Å². The summed E-state index contributed by atoms with van der Waals surface area (Å²) in [6.07, 6.45) is -1.52. The van der Waals surface area contributed by atoms with E-state index >= 15 is 0 Å². The lowest BCUT2D eigenvalue weighted by atomic mass is 10.3. The topological polar surface area (TPSA) is 84.3 Å². The van der Waals surface area contributed by atoms with Crippen molar-refractivity contribution in [2.75, 3.05) is 45.8 Å². The highest BCUT2D eigenvalue weighted by molar-refractivity contribution is 5.79. The van der Waals surface area contributed by atoms with Crippen molar-refractivity contribution in [3.63, 3.8) is 0 Å². The van der Waals surface area contributed by atoms with Gasteiger partial charge in [0.15, 0.2) is 0 Å². The van der Waals surface area contributed by atoms with Crippen molar-refractivity contribution in [1.82, 2.24) is 14.7 Å². The van der Waals surface area contributed by atoms with Gasteiger partial charge in [0.25, 0.3) is 0 Å². The number of piperazine rings is 1. The maximum atomic E-state index is 12.1. The number of β-amino-alcohol motifs (C(OH)–C–C–N with tert-alkyl or cyclic N) is 2. The number of aliphatic hydroxyl groups excluding tert-OH is 2. The van der Waals surface area contributed by atoms with Crippen molar-refractivity contribution in [3.05, 3.63) is 0 Å². The first-order chi connectivity index (χ1) is 8.97. The van der Waals surface area contributed by atoms with Gasteiger partial charge in [0.05, 0.1) is 18.8 Å². The fourth-order valence-corrected chi connectivity index (χ4v) is 2.54. The zero-order valence-electron chi connectivity index (χ0n) is 11.2. The maximum absolute atomic E-state index is 12.1. The van der Waals surface area contributed by atoms with Gasteiger partial charge in [-0.05, 0) is 0 Å². The molecule has 0 aliphatic carbocycles. The second-order valence-electron chi connectivity index (χ2n) is 5.22. The summed E-state index contributed by atoms with van der Waals surface area (Å²) in [6.45, 7) is 4.67. The molecule has 2 amide bonds. The predicted octanol–water partition coefficient (Wildman–Crippen LogP) is -2.29. The van der Waals surface area contributed by atoms with E-state index in [9.17, 15) is 19.8 Å². The van der Waals surface area contributed by atoms with Crippen LogP contribution in [0.5, 0.6) is 0 Å². The first-order valence-corrected chi connectivity index (χ1v) is 6.59. The number of carbonyl (C=O) groups is 2. The van der Waals surface area contributed by atoms with E-state index in [0.29, 0.717) is 39.3 Å². The highest BCUT2D eigenvalue weighted by atomic mass is 16.3. The number of likely N-dealkylation sites (tertiary alicyclic amines) is 1. The average Bonchev–Trinajstić information content (AvgIpc) is 2.68. The second kappa shape index (κ2) is 5.85. The summed E-state index contributed by atoms with van der Waals surface area (Å²) in [7, 11) is 0. The van der Waals surface area contributed by atoms with Crippen LogP contribution in [0.25, 0.3) is 0 Å². The third-order valence-electron chi connectivity index (χ3n) is 3.77. The van der Waals surface area contributed by atoms with Gasteiger partial charge in [0, 0.05) is 46.2 Å². The van der Waals surface area contributed by atoms with E-state index in [1.54, 1.807) is 14.7 Å². The largest absolute Gasteiger partial charge is 0.389 e. The zero-order valence-corrected chi connectivity index (χ0v) is 11.2. The molecule has 0 spiro atoms. The highest BCUT2D eigenvalue weighted by Crippen LogP contribution is 2.10. The van der Waals surface area contributed by atoms with Crippen LogP contribution < -0.4 is 0 Å². The molecule has 0 aromatic heterocycles. The van der Waals surface area contributed by atoms with Crippen LogP contribution >= 0.6 is 0 Å². The summed E-state index contributed by atoms with van der Waals surface area (Å²) in [4.78, 5) is 28.5. The van der Waals surface area contributed by atoms with Gasteiger partial charge < -0.3 is 20.0 Å². The summed E-state index contributed by atoms with van der Waals surface area (Å²) < 4.78 is 0. The first kappa shape index (κ1) is 14.2. The Hall–Kier alpha value is -1.18. The Morgan fingerprint density at radius 2 is 1.47 bits per heavy atom. The molecule has 2 N–H and O–H groups in total. The van der Waals surface area contributed by atoms with E-state index in [1.165, 1.54) is 6.92 Å². The predicted molar refractivity (Wildman–Crippen MR) is 67.3 cm³/mol. The third-order valence-corrected chi connectivity index (χ3v) is 3.77. The minimum absolute atomic E-state index is 0.00972. The van der Waals surface area contributed by atoms with Gasteiger partial charge in [-0.25, -0.2) is 0 Å². The van der Waals surface area contributed by atoms with Crippen LogP contribution in [0.1, 0.15) is 6.92 Å². The number of hydrogen-bond donors (Lipinski definition) is 2. The number of rotatable bonds is 2. The van der Waals surface area contributed by atoms with Crippen molar-refractivity contribution in [1.29, 1.82) is 0 Å². The molecule has 7 heteroatoms. The lowest BCUT2D eigenvalue weighted by molar-refractivity contribution is -0.139. The molecular weight excluding hydrogens is 250 g/mol. The summed E-state index contributed by atoms with van der Waals surface area (Å²) in [5.74, 6) is 0.0300. The molecule has 2 unspecified atom stereocenters. The minimum atomic E-state index is -0.762. The molecule has 2 rings (SSSR count). The Morgan fingerprint density at radius 3 is 1.95 bits per heavy atom. The Morgan fingerprint density at radius 1 is 1.00 bits per heavy atom. The van der Waals surface area contributed by atoms with Crippen LogP contribution in [0.2, 0.25) is 0 Å². The zero-order chi connectivity index (χ0) is 14.0. The van der Waals surface area contributed by atoms with Gasteiger partial charge in [-0.3, -0.25) is 14.5 Å². The lowest BCUT2D eigenvalue weighted by Crippen LogP contribution is -2.52. The Labute approximate surface area is 112 Å². The van der Waals surface area contributed by atoms with Gasteiger partial charge in [0.2, 0.25) is 11.8 Å². The second-order valence-corrected chi connectivity index (χ2v) is 5.22. The number of nitrogens with zero attached hydrogens (tertiary/aromatic N) is 3. The average molecular weight is 271 g/mol. The number of hydrogen-bond acceptors (Lipinski definition) is 5. The van der Waals surface area contributed by atoms with Crippen LogP contribution in [-0.4, -0.2) is 94.7 Å². The molecule has 2 fully saturated rings. The first-order valence-electron chi connectivity index (χ1n) is 6.59. The van der Waals surface area contributed by atoms with Crippen molar-refractivity contribution in [2.45, 2.75) is 19.1 Å². The van der Waals surface area contributed by atoms with Gasteiger partial charge >= 0.3 is 0 Å². The van der Waals surface area contributed by atoms with E-state index in [1.807, 2.05) is 0 Å². The SMILES string of the molecule is CC(=O)N1CCN(C(=O)CN2CC(O)C(O)C2)CC1. The molecular formula is C12H21N3O4. The van der Waals surface area contributed by atoms with E-state index in [2.05, 4.69) is 0 Å². The lowest BCUT2D eigenvalue weighted by Gasteiger charge is -2.35. The van der Waals surface area contributed by atoms with E-state index in [-0.39, 0.29) is 18.4 Å². The van der Waals surface area contributed by atoms with Gasteiger partial charge in [-0.15, -0.1) is 0 Å². The monoisotopic (exact) mass is 271 g/mol. The summed E-state index contributed by atoms with van der Waals surface area (Å²) in [5.41, 5.74) is 0. The van der Waals surface area contributed by atoms with E-state index in [4.69, 9.17) is 0 Å². The molecule has 19 heavy (non-hydrogen) atoms. The summed E-state index contributed by atoms with van der Waals surface area (Å²) >= 11 is 0. The van der Waals surface area contributed by atoms with E-state index in [0.717, 1.165) is 0 Å². The highest BCUT2D eigenvalue weighted by Gasteiger charge is 2.32. The summed E-state index contributed by atoms with van der Waals surface area (Å²) in [6, 6.07) is 0. The smallest absolute Gasteiger partial charge is 0.236 e. The molecule has 0 aromatic carbocycles. The molecule has 2 heterocycles. The van der Waals surface area contributed by atoms with Crippen LogP contribution in [0, 0.1) is 0 Å². The van der Waals surface area contributed by atoms with Crippen molar-refractivity contribution in [2.24, 2.45) is 0 Å². The molecule has 2 aliphatic heterocycles. The van der Waals surface area contributed by atoms with Crippen LogP contribution in [0.4, 0.5) is 0 Å². The fourth-order valence-electron chi connectivity index (χ4n) is 2.54. The third kappa shape index (κ3) is 3.43. The standard InChI is InChI=1S/C12H21N3O4/c1-9(16)14-2-4-15(5-3-14)12(19)8-13-6-10(17)11(18)7-13/h10-11,17-18H,2-8H2,1H3. The van der Waals surface area contributed by atoms with Crippen molar-refractivity contribution >= 4 is 11.8 Å². The quantitative estimate of drug-likeness (QED) is 0.591. The van der Waals surface area contributed by atoms with Gasteiger partial charge in [-0.1, -0.05) is 0 Å². The molecule has 2 aliphatic rings. The van der Waals surface area contributed by atoms with Gasteiger partial charge in [0.1, 0.15) is 0 Å². The van der Waals surface area contributed by atoms with Crippen LogP contribution in [0.3, 0.4) is 0 Å².